The average molecular weight is 218 g/mol. The van der Waals surface area contributed by atoms with Crippen LogP contribution in [0.25, 0.3) is 0 Å². The molecule has 0 spiro atoms. The maximum absolute atomic E-state index is 4.25. The summed E-state index contributed by atoms with van der Waals surface area (Å²) in [5, 5.41) is 4.51. The Morgan fingerprint density at radius 3 is 2.00 bits per heavy atom. The Balaban J connectivity index is 0.000000845. The molecule has 2 rings (SSSR count). The molecule has 0 radical (unpaired) electrons. The molecule has 0 unspecified atom stereocenters. The zero-order valence-electron chi connectivity index (χ0n) is 6.51. The van der Waals surface area contributed by atoms with Gasteiger partial charge in [-0.15, -0.1) is 12.6 Å². The molecule has 0 aliphatic carbocycles. The van der Waals surface area contributed by atoms with Gasteiger partial charge < -0.3 is 0 Å². The fraction of sp³-hybridized carbons (Fsp3) is 0. The van der Waals surface area contributed by atoms with E-state index in [0.29, 0.717) is 0 Å². The van der Waals surface area contributed by atoms with Crippen molar-refractivity contribution >= 4 is 53.1 Å². The van der Waals surface area contributed by atoms with Gasteiger partial charge in [0, 0.05) is 4.90 Å². The van der Waals surface area contributed by atoms with Crippen molar-refractivity contribution in [3.63, 3.8) is 0 Å². The topological polar surface area (TPSA) is 0 Å². The van der Waals surface area contributed by atoms with Gasteiger partial charge in [0.15, 0.2) is 0 Å². The van der Waals surface area contributed by atoms with Crippen molar-refractivity contribution in [2.75, 3.05) is 0 Å². The van der Waals surface area contributed by atoms with Crippen LogP contribution >= 0.6 is 23.5 Å². The molecular weight excluding hydrogens is 207 g/mol. The van der Waals surface area contributed by atoms with Crippen LogP contribution in [0.2, 0.25) is 0 Å². The monoisotopic (exact) mass is 218 g/mol. The zero-order valence-corrected chi connectivity index (χ0v) is 8.30. The second-order valence-electron chi connectivity index (χ2n) is 2.61. The molecule has 0 amide bonds. The second-order valence-corrected chi connectivity index (χ2v) is 5.05. The molecule has 3 heteroatoms. The Morgan fingerprint density at radius 2 is 1.46 bits per heavy atom. The maximum atomic E-state index is 4.25. The molecule has 0 aromatic heterocycles. The first-order chi connectivity index (χ1) is 5.86. The molecule has 0 saturated heterocycles. The average Bonchev–Trinajstić information content (AvgIpc) is 2.58. The van der Waals surface area contributed by atoms with Crippen LogP contribution in [0.3, 0.4) is 0 Å². The van der Waals surface area contributed by atoms with Crippen LogP contribution in [0.5, 0.6) is 0 Å². The van der Waals surface area contributed by atoms with Gasteiger partial charge in [0.05, 0.1) is 0 Å². The van der Waals surface area contributed by atoms with E-state index in [4.69, 9.17) is 0 Å². The van der Waals surface area contributed by atoms with Gasteiger partial charge in [-0.3, -0.25) is 0 Å². The molecular formula is C10H11NaS2. The molecule has 0 N–H and O–H groups in total. The van der Waals surface area contributed by atoms with E-state index < -0.39 is 0 Å². The standard InChI is InChI=1S/C10H10S2.Na.H/c11-9-3-5-10(6-4-9)12-7-1-2-8-12;;/h1-8,11-12H;;. The van der Waals surface area contributed by atoms with E-state index in [0.717, 1.165) is 4.90 Å². The minimum atomic E-state index is -0.148. The molecule has 1 aromatic rings. The van der Waals surface area contributed by atoms with Gasteiger partial charge in [0.1, 0.15) is 0 Å². The molecule has 1 aliphatic rings. The number of benzene rings is 1. The van der Waals surface area contributed by atoms with E-state index in [1.807, 2.05) is 12.1 Å². The van der Waals surface area contributed by atoms with Crippen LogP contribution in [0.15, 0.2) is 57.0 Å². The first kappa shape index (κ1) is 11.5. The predicted molar refractivity (Wildman–Crippen MR) is 66.4 cm³/mol. The number of rotatable bonds is 1. The van der Waals surface area contributed by atoms with Gasteiger partial charge in [-0.05, 0) is 40.0 Å². The second kappa shape index (κ2) is 5.32. The molecule has 0 fully saturated rings. The van der Waals surface area contributed by atoms with Crippen LogP contribution in [0, 0.1) is 0 Å². The quantitative estimate of drug-likeness (QED) is 0.525. The molecule has 0 nitrogen and oxygen atoms in total. The summed E-state index contributed by atoms with van der Waals surface area (Å²) in [4.78, 5) is 2.42. The van der Waals surface area contributed by atoms with E-state index >= 15 is 0 Å². The fourth-order valence-corrected chi connectivity index (χ4v) is 2.79. The van der Waals surface area contributed by atoms with Crippen molar-refractivity contribution in [2.45, 2.75) is 9.79 Å². The molecule has 64 valence electrons. The third-order valence-electron chi connectivity index (χ3n) is 1.75. The number of hydrogen-bond acceptors (Lipinski definition) is 1. The third-order valence-corrected chi connectivity index (χ3v) is 3.93. The summed E-state index contributed by atoms with van der Waals surface area (Å²) in [6, 6.07) is 8.38. The van der Waals surface area contributed by atoms with Gasteiger partial charge >= 0.3 is 29.6 Å². The molecule has 1 heterocycles. The number of hydrogen-bond donors (Lipinski definition) is 2. The normalized spacial score (nSPS) is 15.9. The van der Waals surface area contributed by atoms with Crippen LogP contribution in [0.4, 0.5) is 0 Å². The SMILES string of the molecule is Sc1ccc([SH]2C=CC=C2)cc1.[NaH]. The van der Waals surface area contributed by atoms with E-state index in [-0.39, 0.29) is 40.5 Å². The summed E-state index contributed by atoms with van der Waals surface area (Å²) in [5.74, 6) is 0. The van der Waals surface area contributed by atoms with Gasteiger partial charge in [-0.2, -0.15) is 10.9 Å². The van der Waals surface area contributed by atoms with Crippen molar-refractivity contribution in [3.8, 4) is 0 Å². The Hall–Kier alpha value is 0.400. The molecule has 1 aliphatic heterocycles. The van der Waals surface area contributed by atoms with E-state index in [1.54, 1.807) is 0 Å². The van der Waals surface area contributed by atoms with Crippen molar-refractivity contribution < 1.29 is 0 Å². The summed E-state index contributed by atoms with van der Waals surface area (Å²) in [5.41, 5.74) is 0. The van der Waals surface area contributed by atoms with E-state index in [2.05, 4.69) is 47.7 Å². The Labute approximate surface area is 109 Å². The third kappa shape index (κ3) is 2.93. The predicted octanol–water partition coefficient (Wildman–Crippen LogP) is 2.73. The molecule has 0 saturated carbocycles. The van der Waals surface area contributed by atoms with Gasteiger partial charge in [-0.1, -0.05) is 12.2 Å². The first-order valence-corrected chi connectivity index (χ1v) is 5.71. The van der Waals surface area contributed by atoms with Crippen LogP contribution in [-0.2, 0) is 0 Å². The van der Waals surface area contributed by atoms with E-state index in [9.17, 15) is 0 Å². The molecule has 0 bridgehead atoms. The molecule has 1 aromatic carbocycles. The van der Waals surface area contributed by atoms with Crippen molar-refractivity contribution in [1.29, 1.82) is 0 Å². The summed E-state index contributed by atoms with van der Waals surface area (Å²) in [6.45, 7) is 0. The minimum absolute atomic E-state index is 0. The van der Waals surface area contributed by atoms with E-state index in [1.165, 1.54) is 4.90 Å². The fourth-order valence-electron chi connectivity index (χ4n) is 1.13. The summed E-state index contributed by atoms with van der Waals surface area (Å²) in [6.07, 6.45) is 4.22. The zero-order chi connectivity index (χ0) is 8.39. The summed E-state index contributed by atoms with van der Waals surface area (Å²) in [7, 11) is -0.148. The van der Waals surface area contributed by atoms with Crippen LogP contribution in [-0.4, -0.2) is 29.6 Å². The van der Waals surface area contributed by atoms with Crippen LogP contribution < -0.4 is 0 Å². The van der Waals surface area contributed by atoms with Crippen molar-refractivity contribution in [1.82, 2.24) is 0 Å². The van der Waals surface area contributed by atoms with Crippen LogP contribution in [0.1, 0.15) is 0 Å². The van der Waals surface area contributed by atoms with Gasteiger partial charge in [-0.25, -0.2) is 0 Å². The molecule has 0 atom stereocenters. The van der Waals surface area contributed by atoms with Gasteiger partial charge in [0.2, 0.25) is 0 Å². The Bertz CT molecular complexity index is 315. The number of allylic oxidation sites excluding steroid dienone is 2. The van der Waals surface area contributed by atoms with Crippen molar-refractivity contribution in [3.05, 3.63) is 47.2 Å². The van der Waals surface area contributed by atoms with Gasteiger partial charge in [0.25, 0.3) is 0 Å². The Kier molecular flexibility index (Phi) is 4.70. The Morgan fingerprint density at radius 1 is 0.923 bits per heavy atom. The summed E-state index contributed by atoms with van der Waals surface area (Å²) < 4.78 is 0. The summed E-state index contributed by atoms with van der Waals surface area (Å²) >= 11 is 4.25. The molecule has 13 heavy (non-hydrogen) atoms. The van der Waals surface area contributed by atoms with Crippen molar-refractivity contribution in [2.24, 2.45) is 0 Å². The first-order valence-electron chi connectivity index (χ1n) is 3.78. The number of thiol groups is 2.